The fourth-order valence-electron chi connectivity index (χ4n) is 4.64. The first-order chi connectivity index (χ1) is 15.6. The van der Waals surface area contributed by atoms with Crippen molar-refractivity contribution in [2.24, 2.45) is 5.41 Å². The molecule has 7 heteroatoms. The molecule has 0 aromatic heterocycles. The molecule has 1 amide bonds. The number of carbonyl (C=O) groups excluding carboxylic acids is 2. The molecule has 4 rings (SSSR count). The first-order valence-corrected chi connectivity index (χ1v) is 11.2. The molecule has 2 aromatic rings. The lowest BCUT2D eigenvalue weighted by Gasteiger charge is -2.37. The molecule has 0 radical (unpaired) electrons. The summed E-state index contributed by atoms with van der Waals surface area (Å²) in [5.74, 6) is -2.11. The van der Waals surface area contributed by atoms with Crippen LogP contribution in [0.2, 0.25) is 0 Å². The maximum Gasteiger partial charge on any atom is 0.410 e. The smallest absolute Gasteiger partial charge is 0.410 e. The Kier molecular flexibility index (Phi) is 5.91. The molecular formula is C26H29NO6. The Bertz CT molecular complexity index is 1030. The van der Waals surface area contributed by atoms with Crippen LogP contribution in [0.25, 0.3) is 11.1 Å². The van der Waals surface area contributed by atoms with Crippen LogP contribution in [0.4, 0.5) is 4.79 Å². The highest BCUT2D eigenvalue weighted by molar-refractivity contribution is 5.99. The maximum atomic E-state index is 13.1. The maximum absolute atomic E-state index is 13.1. The van der Waals surface area contributed by atoms with Crippen LogP contribution in [0.5, 0.6) is 0 Å². The average molecular weight is 452 g/mol. The van der Waals surface area contributed by atoms with E-state index in [1.54, 1.807) is 20.8 Å². The summed E-state index contributed by atoms with van der Waals surface area (Å²) in [6, 6.07) is 16.0. The summed E-state index contributed by atoms with van der Waals surface area (Å²) < 4.78 is 11.0. The largest absolute Gasteiger partial charge is 0.480 e. The zero-order valence-corrected chi connectivity index (χ0v) is 19.2. The van der Waals surface area contributed by atoms with Gasteiger partial charge in [-0.3, -0.25) is 9.59 Å². The molecule has 0 saturated carbocycles. The lowest BCUT2D eigenvalue weighted by Crippen LogP contribution is -2.52. The van der Waals surface area contributed by atoms with Gasteiger partial charge in [0.2, 0.25) is 0 Å². The average Bonchev–Trinajstić information content (AvgIpc) is 3.10. The van der Waals surface area contributed by atoms with Crippen molar-refractivity contribution in [3.05, 3.63) is 59.7 Å². The normalized spacial score (nSPS) is 17.1. The van der Waals surface area contributed by atoms with Crippen molar-refractivity contribution in [2.45, 2.75) is 45.1 Å². The minimum atomic E-state index is -1.67. The van der Waals surface area contributed by atoms with Crippen molar-refractivity contribution in [2.75, 3.05) is 19.7 Å². The van der Waals surface area contributed by atoms with Gasteiger partial charge in [0, 0.05) is 19.0 Å². The topological polar surface area (TPSA) is 93.1 Å². The molecule has 1 saturated heterocycles. The second-order valence-electron chi connectivity index (χ2n) is 9.68. The van der Waals surface area contributed by atoms with Gasteiger partial charge in [-0.2, -0.15) is 0 Å². The molecule has 1 aliphatic heterocycles. The van der Waals surface area contributed by atoms with Gasteiger partial charge >= 0.3 is 18.0 Å². The van der Waals surface area contributed by atoms with Crippen LogP contribution in [0.1, 0.15) is 50.7 Å². The van der Waals surface area contributed by atoms with Gasteiger partial charge in [0.15, 0.2) is 5.41 Å². The van der Waals surface area contributed by atoms with Gasteiger partial charge < -0.3 is 19.5 Å². The Hall–Kier alpha value is -3.35. The van der Waals surface area contributed by atoms with Crippen LogP contribution in [-0.4, -0.2) is 53.3 Å². The number of fused-ring (bicyclic) bond motifs is 3. The number of nitrogens with zero attached hydrogens (tertiary/aromatic N) is 1. The zero-order valence-electron chi connectivity index (χ0n) is 19.2. The van der Waals surface area contributed by atoms with E-state index in [4.69, 9.17) is 9.47 Å². The summed E-state index contributed by atoms with van der Waals surface area (Å²) in [6.45, 7) is 5.61. The highest BCUT2D eigenvalue weighted by Gasteiger charge is 2.51. The number of hydrogen-bond donors (Lipinski definition) is 1. The number of rotatable bonds is 4. The number of carbonyl (C=O) groups is 3. The molecule has 1 heterocycles. The van der Waals surface area contributed by atoms with Crippen LogP contribution in [-0.2, 0) is 19.1 Å². The number of likely N-dealkylation sites (tertiary alicyclic amines) is 1. The van der Waals surface area contributed by atoms with Crippen molar-refractivity contribution in [3.63, 3.8) is 0 Å². The fourth-order valence-corrected chi connectivity index (χ4v) is 4.64. The summed E-state index contributed by atoms with van der Waals surface area (Å²) in [5, 5.41) is 9.94. The standard InChI is InChI=1S/C26H29NO6/c1-25(2,3)33-24(31)27-14-12-26(13-15-27,22(28)29)23(30)32-16-21-19-10-6-4-8-17(19)18-9-5-7-11-20(18)21/h4-11,21H,12-16H2,1-3H3,(H,28,29). The Morgan fingerprint density at radius 1 is 0.970 bits per heavy atom. The van der Waals surface area contributed by atoms with Crippen LogP contribution < -0.4 is 0 Å². The van der Waals surface area contributed by atoms with E-state index in [0.29, 0.717) is 0 Å². The molecule has 1 N–H and O–H groups in total. The van der Waals surface area contributed by atoms with Gasteiger partial charge in [-0.1, -0.05) is 48.5 Å². The number of carboxylic acids is 1. The third-order valence-electron chi connectivity index (χ3n) is 6.41. The fraction of sp³-hybridized carbons (Fsp3) is 0.423. The monoisotopic (exact) mass is 451 g/mol. The summed E-state index contributed by atoms with van der Waals surface area (Å²) in [5.41, 5.74) is 2.02. The Labute approximate surface area is 193 Å². The molecular weight excluding hydrogens is 422 g/mol. The predicted molar refractivity (Wildman–Crippen MR) is 122 cm³/mol. The second kappa shape index (κ2) is 8.54. The van der Waals surface area contributed by atoms with Crippen LogP contribution in [0, 0.1) is 5.41 Å². The van der Waals surface area contributed by atoms with Crippen LogP contribution in [0.15, 0.2) is 48.5 Å². The molecule has 7 nitrogen and oxygen atoms in total. The van der Waals surface area contributed by atoms with Crippen LogP contribution >= 0.6 is 0 Å². The van der Waals surface area contributed by atoms with Crippen molar-refractivity contribution < 1.29 is 29.0 Å². The lowest BCUT2D eigenvalue weighted by atomic mass is 9.78. The van der Waals surface area contributed by atoms with Crippen molar-refractivity contribution in [1.82, 2.24) is 4.90 Å². The second-order valence-corrected chi connectivity index (χ2v) is 9.68. The van der Waals surface area contributed by atoms with Crippen molar-refractivity contribution >= 4 is 18.0 Å². The van der Waals surface area contributed by atoms with E-state index in [-0.39, 0.29) is 38.5 Å². The molecule has 1 fully saturated rings. The highest BCUT2D eigenvalue weighted by atomic mass is 16.6. The molecule has 174 valence electrons. The van der Waals surface area contributed by atoms with Gasteiger partial charge in [0.05, 0.1) is 0 Å². The Balaban J connectivity index is 1.46. The van der Waals surface area contributed by atoms with E-state index in [1.807, 2.05) is 48.5 Å². The van der Waals surface area contributed by atoms with E-state index < -0.39 is 29.0 Å². The van der Waals surface area contributed by atoms with Gasteiger partial charge in [-0.05, 0) is 55.9 Å². The Morgan fingerprint density at radius 2 is 1.48 bits per heavy atom. The summed E-state index contributed by atoms with van der Waals surface area (Å²) in [4.78, 5) is 39.1. The molecule has 0 unspecified atom stereocenters. The molecule has 0 spiro atoms. The minimum absolute atomic E-state index is 0.0156. The third kappa shape index (κ3) is 4.32. The number of esters is 1. The zero-order chi connectivity index (χ0) is 23.8. The molecule has 0 bridgehead atoms. The first kappa shape index (κ1) is 22.8. The van der Waals surface area contributed by atoms with E-state index in [9.17, 15) is 19.5 Å². The SMILES string of the molecule is CC(C)(C)OC(=O)N1CCC(C(=O)O)(C(=O)OCC2c3ccccc3-c3ccccc32)CC1. The van der Waals surface area contributed by atoms with Gasteiger partial charge in [-0.15, -0.1) is 0 Å². The quantitative estimate of drug-likeness (QED) is 0.546. The Morgan fingerprint density at radius 3 is 1.97 bits per heavy atom. The summed E-state index contributed by atoms with van der Waals surface area (Å²) >= 11 is 0. The van der Waals surface area contributed by atoms with E-state index in [2.05, 4.69) is 0 Å². The number of benzene rings is 2. The molecule has 0 atom stereocenters. The number of amides is 1. The van der Waals surface area contributed by atoms with Gasteiger partial charge in [-0.25, -0.2) is 4.79 Å². The lowest BCUT2D eigenvalue weighted by molar-refractivity contribution is -0.172. The van der Waals surface area contributed by atoms with Crippen molar-refractivity contribution in [3.8, 4) is 11.1 Å². The number of carboxylic acid groups (broad SMARTS) is 1. The van der Waals surface area contributed by atoms with Crippen LogP contribution in [0.3, 0.4) is 0 Å². The van der Waals surface area contributed by atoms with E-state index >= 15 is 0 Å². The molecule has 2 aromatic carbocycles. The van der Waals surface area contributed by atoms with E-state index in [1.165, 1.54) is 4.90 Å². The molecule has 1 aliphatic carbocycles. The number of hydrogen-bond acceptors (Lipinski definition) is 5. The minimum Gasteiger partial charge on any atom is -0.480 e. The summed E-state index contributed by atoms with van der Waals surface area (Å²) in [6.07, 6.45) is -0.537. The highest BCUT2D eigenvalue weighted by Crippen LogP contribution is 2.45. The number of ether oxygens (including phenoxy) is 2. The first-order valence-electron chi connectivity index (χ1n) is 11.2. The number of piperidine rings is 1. The van der Waals surface area contributed by atoms with E-state index in [0.717, 1.165) is 22.3 Å². The number of aliphatic carboxylic acids is 1. The predicted octanol–water partition coefficient (Wildman–Crippen LogP) is 4.44. The van der Waals surface area contributed by atoms with Crippen molar-refractivity contribution in [1.29, 1.82) is 0 Å². The molecule has 2 aliphatic rings. The molecule has 33 heavy (non-hydrogen) atoms. The summed E-state index contributed by atoms with van der Waals surface area (Å²) in [7, 11) is 0. The third-order valence-corrected chi connectivity index (χ3v) is 6.41. The van der Waals surface area contributed by atoms with Gasteiger partial charge in [0.1, 0.15) is 12.2 Å². The van der Waals surface area contributed by atoms with Gasteiger partial charge in [0.25, 0.3) is 0 Å².